The summed E-state index contributed by atoms with van der Waals surface area (Å²) in [7, 11) is 0. The van der Waals surface area contributed by atoms with Gasteiger partial charge in [-0.05, 0) is 29.7 Å². The summed E-state index contributed by atoms with van der Waals surface area (Å²) in [4.78, 5) is 18.7. The number of para-hydroxylation sites is 2. The maximum absolute atomic E-state index is 12.8. The first-order chi connectivity index (χ1) is 13.6. The molecule has 0 fully saturated rings. The minimum Gasteiger partial charge on any atom is -0.298 e. The average Bonchev–Trinajstić information content (AvgIpc) is 3.19. The van der Waals surface area contributed by atoms with E-state index >= 15 is 0 Å². The number of benzene rings is 2. The molecular weight excluding hydrogens is 368 g/mol. The zero-order valence-corrected chi connectivity index (χ0v) is 16.8. The zero-order chi connectivity index (χ0) is 19.9. The lowest BCUT2D eigenvalue weighted by Gasteiger charge is -2.20. The highest BCUT2D eigenvalue weighted by Gasteiger charge is 2.18. The van der Waals surface area contributed by atoms with E-state index in [0.29, 0.717) is 5.92 Å². The van der Waals surface area contributed by atoms with Gasteiger partial charge in [-0.2, -0.15) is 5.26 Å². The van der Waals surface area contributed by atoms with Crippen molar-refractivity contribution >= 4 is 23.4 Å². The monoisotopic (exact) mass is 390 g/mol. The third kappa shape index (κ3) is 4.44. The molecule has 1 heterocycles. The van der Waals surface area contributed by atoms with E-state index in [2.05, 4.69) is 37.0 Å². The quantitative estimate of drug-likeness (QED) is 0.435. The number of imidazole rings is 1. The van der Waals surface area contributed by atoms with Crippen molar-refractivity contribution in [3.63, 3.8) is 0 Å². The predicted octanol–water partition coefficient (Wildman–Crippen LogP) is 4.64. The molecule has 0 bridgehead atoms. The standard InChI is InChI=1S/C22H22N4OS/c1-17(2)19-10-6-7-11-20(19)26-15-13-24-22(26)28-16-21(27)25(14-12-23)18-8-4-3-5-9-18/h3-11,13,15,17H,14,16H2,1-2H3. The van der Waals surface area contributed by atoms with Gasteiger partial charge < -0.3 is 0 Å². The number of hydrogen-bond acceptors (Lipinski definition) is 4. The zero-order valence-electron chi connectivity index (χ0n) is 15.9. The van der Waals surface area contributed by atoms with Crippen LogP contribution >= 0.6 is 11.8 Å². The smallest absolute Gasteiger partial charge is 0.238 e. The second-order valence-corrected chi connectivity index (χ2v) is 7.50. The molecule has 2 aromatic carbocycles. The fourth-order valence-electron chi connectivity index (χ4n) is 2.98. The summed E-state index contributed by atoms with van der Waals surface area (Å²) in [6.07, 6.45) is 3.66. The van der Waals surface area contributed by atoms with Crippen LogP contribution in [-0.2, 0) is 4.79 Å². The molecule has 1 amide bonds. The normalized spacial score (nSPS) is 10.6. The minimum absolute atomic E-state index is 0.0219. The molecule has 0 saturated heterocycles. The second kappa shape index (κ2) is 9.25. The number of amides is 1. The van der Waals surface area contributed by atoms with Crippen LogP contribution in [0, 0.1) is 11.3 Å². The molecule has 3 rings (SSSR count). The second-order valence-electron chi connectivity index (χ2n) is 6.56. The number of carbonyl (C=O) groups is 1. The highest BCUT2D eigenvalue weighted by atomic mass is 32.2. The molecule has 6 heteroatoms. The number of aromatic nitrogens is 2. The number of rotatable bonds is 7. The van der Waals surface area contributed by atoms with Gasteiger partial charge in [-0.1, -0.05) is 62.0 Å². The van der Waals surface area contributed by atoms with Gasteiger partial charge in [0.1, 0.15) is 6.54 Å². The Morgan fingerprint density at radius 3 is 2.61 bits per heavy atom. The lowest BCUT2D eigenvalue weighted by Crippen LogP contribution is -2.32. The van der Waals surface area contributed by atoms with E-state index in [4.69, 9.17) is 5.26 Å². The Labute approximate surface area is 169 Å². The summed E-state index contributed by atoms with van der Waals surface area (Å²) in [5.74, 6) is 0.462. The first-order valence-corrected chi connectivity index (χ1v) is 10.1. The average molecular weight is 391 g/mol. The Balaban J connectivity index is 1.79. The SMILES string of the molecule is CC(C)c1ccccc1-n1ccnc1SCC(=O)N(CC#N)c1ccccc1. The van der Waals surface area contributed by atoms with E-state index in [0.717, 1.165) is 16.5 Å². The molecule has 0 N–H and O–H groups in total. The number of anilines is 1. The van der Waals surface area contributed by atoms with Gasteiger partial charge >= 0.3 is 0 Å². The molecule has 0 saturated carbocycles. The minimum atomic E-state index is -0.121. The van der Waals surface area contributed by atoms with Crippen LogP contribution in [-0.4, -0.2) is 27.8 Å². The van der Waals surface area contributed by atoms with Crippen molar-refractivity contribution in [2.24, 2.45) is 0 Å². The molecule has 0 spiro atoms. The molecule has 0 aliphatic rings. The van der Waals surface area contributed by atoms with Gasteiger partial charge in [-0.25, -0.2) is 4.98 Å². The van der Waals surface area contributed by atoms with Crippen molar-refractivity contribution in [1.29, 1.82) is 5.26 Å². The maximum Gasteiger partial charge on any atom is 0.238 e. The van der Waals surface area contributed by atoms with E-state index in [9.17, 15) is 4.79 Å². The number of thioether (sulfide) groups is 1. The van der Waals surface area contributed by atoms with Crippen molar-refractivity contribution < 1.29 is 4.79 Å². The van der Waals surface area contributed by atoms with E-state index < -0.39 is 0 Å². The van der Waals surface area contributed by atoms with Crippen LogP contribution < -0.4 is 4.90 Å². The van der Waals surface area contributed by atoms with Crippen LogP contribution in [0.2, 0.25) is 0 Å². The highest BCUT2D eigenvalue weighted by Crippen LogP contribution is 2.27. The largest absolute Gasteiger partial charge is 0.298 e. The molecular formula is C22H22N4OS. The lowest BCUT2D eigenvalue weighted by molar-refractivity contribution is -0.116. The van der Waals surface area contributed by atoms with Crippen LogP contribution in [0.3, 0.4) is 0 Å². The van der Waals surface area contributed by atoms with Gasteiger partial charge in [0.05, 0.1) is 17.5 Å². The van der Waals surface area contributed by atoms with Crippen molar-refractivity contribution in [1.82, 2.24) is 9.55 Å². The van der Waals surface area contributed by atoms with Crippen LogP contribution in [0.1, 0.15) is 25.3 Å². The number of hydrogen-bond donors (Lipinski definition) is 0. The number of carbonyl (C=O) groups excluding carboxylic acids is 1. The fraction of sp³-hybridized carbons (Fsp3) is 0.227. The molecule has 28 heavy (non-hydrogen) atoms. The Bertz CT molecular complexity index is 975. The molecule has 0 aliphatic heterocycles. The maximum atomic E-state index is 12.8. The lowest BCUT2D eigenvalue weighted by atomic mass is 10.0. The number of nitrogens with zero attached hydrogens (tertiary/aromatic N) is 4. The third-order valence-electron chi connectivity index (χ3n) is 4.35. The first-order valence-electron chi connectivity index (χ1n) is 9.09. The van der Waals surface area contributed by atoms with Gasteiger partial charge in [0.2, 0.25) is 5.91 Å². The predicted molar refractivity (Wildman–Crippen MR) is 113 cm³/mol. The van der Waals surface area contributed by atoms with Gasteiger partial charge in [0, 0.05) is 18.1 Å². The molecule has 3 aromatic rings. The van der Waals surface area contributed by atoms with Gasteiger partial charge in [0.15, 0.2) is 5.16 Å². The number of nitriles is 1. The molecule has 142 valence electrons. The van der Waals surface area contributed by atoms with Crippen LogP contribution in [0.5, 0.6) is 0 Å². The summed E-state index contributed by atoms with van der Waals surface area (Å²) in [5.41, 5.74) is 3.02. The van der Waals surface area contributed by atoms with Crippen molar-refractivity contribution in [3.8, 4) is 11.8 Å². The molecule has 0 aliphatic carbocycles. The third-order valence-corrected chi connectivity index (χ3v) is 5.30. The van der Waals surface area contributed by atoms with Crippen LogP contribution in [0.4, 0.5) is 5.69 Å². The van der Waals surface area contributed by atoms with Gasteiger partial charge in [-0.3, -0.25) is 14.3 Å². The van der Waals surface area contributed by atoms with E-state index in [-0.39, 0.29) is 18.2 Å². The highest BCUT2D eigenvalue weighted by molar-refractivity contribution is 7.99. The molecule has 0 unspecified atom stereocenters. The molecule has 1 aromatic heterocycles. The van der Waals surface area contributed by atoms with Gasteiger partial charge in [-0.15, -0.1) is 0 Å². The molecule has 0 radical (unpaired) electrons. The Morgan fingerprint density at radius 1 is 1.18 bits per heavy atom. The van der Waals surface area contributed by atoms with Crippen LogP contribution in [0.15, 0.2) is 72.1 Å². The van der Waals surface area contributed by atoms with E-state index in [1.165, 1.54) is 22.2 Å². The van der Waals surface area contributed by atoms with E-state index in [1.807, 2.05) is 53.2 Å². The molecule has 0 atom stereocenters. The Morgan fingerprint density at radius 2 is 1.89 bits per heavy atom. The first kappa shape index (κ1) is 19.7. The summed E-state index contributed by atoms with van der Waals surface area (Å²) in [5, 5.41) is 9.86. The molecule has 5 nitrogen and oxygen atoms in total. The summed E-state index contributed by atoms with van der Waals surface area (Å²) in [6.45, 7) is 4.34. The van der Waals surface area contributed by atoms with Crippen molar-refractivity contribution in [2.75, 3.05) is 17.2 Å². The summed E-state index contributed by atoms with van der Waals surface area (Å²) < 4.78 is 2.02. The van der Waals surface area contributed by atoms with E-state index in [1.54, 1.807) is 6.20 Å². The summed E-state index contributed by atoms with van der Waals surface area (Å²) in [6, 6.07) is 19.6. The fourth-order valence-corrected chi connectivity index (χ4v) is 3.82. The summed E-state index contributed by atoms with van der Waals surface area (Å²) >= 11 is 1.38. The topological polar surface area (TPSA) is 61.9 Å². The Kier molecular flexibility index (Phi) is 6.51. The Hall–Kier alpha value is -3.04. The van der Waals surface area contributed by atoms with Crippen molar-refractivity contribution in [3.05, 3.63) is 72.6 Å². The van der Waals surface area contributed by atoms with Crippen molar-refractivity contribution in [2.45, 2.75) is 24.9 Å². The van der Waals surface area contributed by atoms with Crippen LogP contribution in [0.25, 0.3) is 5.69 Å². The van der Waals surface area contributed by atoms with Gasteiger partial charge in [0.25, 0.3) is 0 Å².